The molecule has 0 bridgehead atoms. The number of para-hydroxylation sites is 1. The van der Waals surface area contributed by atoms with E-state index in [2.05, 4.69) is 18.8 Å². The lowest BCUT2D eigenvalue weighted by Gasteiger charge is -2.13. The second-order valence-corrected chi connectivity index (χ2v) is 5.23. The Hall–Kier alpha value is -1.61. The van der Waals surface area contributed by atoms with Crippen molar-refractivity contribution < 1.29 is 4.74 Å². The van der Waals surface area contributed by atoms with Crippen molar-refractivity contribution in [2.24, 2.45) is 0 Å². The first-order valence-corrected chi connectivity index (χ1v) is 6.69. The van der Waals surface area contributed by atoms with Crippen molar-refractivity contribution in [2.75, 3.05) is 13.7 Å². The molecule has 0 saturated carbocycles. The quantitative estimate of drug-likeness (QED) is 0.916. The van der Waals surface area contributed by atoms with Crippen LogP contribution in [-0.4, -0.2) is 18.7 Å². The van der Waals surface area contributed by atoms with E-state index in [0.717, 1.165) is 34.1 Å². The first-order chi connectivity index (χ1) is 9.06. The molecule has 0 radical (unpaired) electrons. The summed E-state index contributed by atoms with van der Waals surface area (Å²) in [4.78, 5) is 16.0. The van der Waals surface area contributed by atoms with Crippen LogP contribution in [0.4, 0.5) is 0 Å². The van der Waals surface area contributed by atoms with Gasteiger partial charge in [0.15, 0.2) is 5.43 Å². The van der Waals surface area contributed by atoms with Crippen LogP contribution in [0.5, 0.6) is 0 Å². The van der Waals surface area contributed by atoms with Gasteiger partial charge >= 0.3 is 0 Å². The molecule has 0 aliphatic carbocycles. The van der Waals surface area contributed by atoms with Crippen LogP contribution in [0.3, 0.4) is 0 Å². The van der Waals surface area contributed by atoms with Gasteiger partial charge in [-0.2, -0.15) is 0 Å². The number of pyridine rings is 1. The van der Waals surface area contributed by atoms with Gasteiger partial charge in [-0.1, -0.05) is 26.0 Å². The summed E-state index contributed by atoms with van der Waals surface area (Å²) in [6, 6.07) is 5.89. The minimum atomic E-state index is 0.153. The number of hydrogen-bond acceptors (Lipinski definition) is 2. The molecule has 0 aliphatic rings. The maximum atomic E-state index is 12.6. The first kappa shape index (κ1) is 13.8. The summed E-state index contributed by atoms with van der Waals surface area (Å²) in [5.74, 6) is 0.232. The zero-order chi connectivity index (χ0) is 14.0. The molecule has 3 heteroatoms. The third kappa shape index (κ3) is 2.56. The van der Waals surface area contributed by atoms with Gasteiger partial charge in [-0.25, -0.2) is 0 Å². The van der Waals surface area contributed by atoms with Crippen LogP contribution in [0.1, 0.15) is 36.6 Å². The zero-order valence-electron chi connectivity index (χ0n) is 12.0. The summed E-state index contributed by atoms with van der Waals surface area (Å²) >= 11 is 0. The maximum absolute atomic E-state index is 12.6. The highest BCUT2D eigenvalue weighted by molar-refractivity contribution is 5.82. The van der Waals surface area contributed by atoms with Gasteiger partial charge < -0.3 is 9.72 Å². The van der Waals surface area contributed by atoms with Crippen molar-refractivity contribution >= 4 is 10.9 Å². The van der Waals surface area contributed by atoms with Crippen LogP contribution in [0.2, 0.25) is 0 Å². The number of rotatable bonds is 4. The van der Waals surface area contributed by atoms with E-state index in [9.17, 15) is 4.79 Å². The zero-order valence-corrected chi connectivity index (χ0v) is 12.0. The molecule has 0 atom stereocenters. The minimum absolute atomic E-state index is 0.153. The Labute approximate surface area is 113 Å². The molecule has 0 saturated heterocycles. The van der Waals surface area contributed by atoms with E-state index >= 15 is 0 Å². The van der Waals surface area contributed by atoms with Crippen LogP contribution in [0.25, 0.3) is 10.9 Å². The van der Waals surface area contributed by atoms with Crippen molar-refractivity contribution in [3.8, 4) is 0 Å². The van der Waals surface area contributed by atoms with Gasteiger partial charge in [0, 0.05) is 23.8 Å². The lowest BCUT2D eigenvalue weighted by Crippen LogP contribution is -2.15. The molecular weight excluding hydrogens is 238 g/mol. The molecule has 102 valence electrons. The number of hydrogen-bond donors (Lipinski definition) is 1. The number of H-pyrrole nitrogens is 1. The topological polar surface area (TPSA) is 42.1 Å². The third-order valence-electron chi connectivity index (χ3n) is 3.51. The van der Waals surface area contributed by atoms with Gasteiger partial charge in [0.25, 0.3) is 0 Å². The molecule has 1 aromatic heterocycles. The van der Waals surface area contributed by atoms with Gasteiger partial charge in [-0.3, -0.25) is 4.79 Å². The Morgan fingerprint density at radius 2 is 2.05 bits per heavy atom. The number of aromatic nitrogens is 1. The monoisotopic (exact) mass is 259 g/mol. The molecule has 0 unspecified atom stereocenters. The molecule has 2 aromatic rings. The third-order valence-corrected chi connectivity index (χ3v) is 3.51. The van der Waals surface area contributed by atoms with Crippen molar-refractivity contribution in [1.29, 1.82) is 0 Å². The van der Waals surface area contributed by atoms with Gasteiger partial charge in [0.05, 0.1) is 12.1 Å². The van der Waals surface area contributed by atoms with Crippen LogP contribution in [-0.2, 0) is 11.2 Å². The highest BCUT2D eigenvalue weighted by Gasteiger charge is 2.13. The molecule has 0 aliphatic heterocycles. The van der Waals surface area contributed by atoms with E-state index in [-0.39, 0.29) is 11.3 Å². The number of benzene rings is 1. The second-order valence-electron chi connectivity index (χ2n) is 5.23. The first-order valence-electron chi connectivity index (χ1n) is 6.69. The highest BCUT2D eigenvalue weighted by Crippen LogP contribution is 2.20. The molecule has 2 rings (SSSR count). The van der Waals surface area contributed by atoms with Crippen LogP contribution in [0.15, 0.2) is 23.0 Å². The molecule has 3 nitrogen and oxygen atoms in total. The summed E-state index contributed by atoms with van der Waals surface area (Å²) in [7, 11) is 1.69. The van der Waals surface area contributed by atoms with Crippen molar-refractivity contribution in [3.05, 3.63) is 45.2 Å². The van der Waals surface area contributed by atoms with Gasteiger partial charge in [0.2, 0.25) is 0 Å². The Morgan fingerprint density at radius 1 is 1.32 bits per heavy atom. The Kier molecular flexibility index (Phi) is 4.05. The fourth-order valence-electron chi connectivity index (χ4n) is 2.62. The summed E-state index contributed by atoms with van der Waals surface area (Å²) in [6.07, 6.45) is 0.810. The maximum Gasteiger partial charge on any atom is 0.193 e. The smallest absolute Gasteiger partial charge is 0.193 e. The largest absolute Gasteiger partial charge is 0.384 e. The van der Waals surface area contributed by atoms with E-state index in [1.54, 1.807) is 7.11 Å². The van der Waals surface area contributed by atoms with Gasteiger partial charge in [-0.15, -0.1) is 0 Å². The summed E-state index contributed by atoms with van der Waals surface area (Å²) < 4.78 is 5.13. The molecular formula is C16H21NO2. The van der Waals surface area contributed by atoms with Crippen molar-refractivity contribution in [3.63, 3.8) is 0 Å². The summed E-state index contributed by atoms with van der Waals surface area (Å²) in [5.41, 5.74) is 4.09. The standard InChI is InChI=1S/C16H21NO2/c1-10(2)14-11(3)17-15-12(8-9-19-4)6-5-7-13(15)16(14)18/h5-7,10H,8-9H2,1-4H3,(H,17,18). The minimum Gasteiger partial charge on any atom is -0.384 e. The van der Waals surface area contributed by atoms with Gasteiger partial charge in [0.1, 0.15) is 0 Å². The highest BCUT2D eigenvalue weighted by atomic mass is 16.5. The van der Waals surface area contributed by atoms with Crippen molar-refractivity contribution in [2.45, 2.75) is 33.1 Å². The number of fused-ring (bicyclic) bond motifs is 1. The molecule has 1 N–H and O–H groups in total. The lowest BCUT2D eigenvalue weighted by atomic mass is 9.97. The number of ether oxygens (including phenoxy) is 1. The molecule has 0 fully saturated rings. The predicted molar refractivity (Wildman–Crippen MR) is 79.0 cm³/mol. The van der Waals surface area contributed by atoms with Crippen molar-refractivity contribution in [1.82, 2.24) is 4.98 Å². The van der Waals surface area contributed by atoms with E-state index in [4.69, 9.17) is 4.74 Å². The van der Waals surface area contributed by atoms with E-state index in [1.165, 1.54) is 0 Å². The van der Waals surface area contributed by atoms with Crippen LogP contribution >= 0.6 is 0 Å². The normalized spacial score (nSPS) is 11.4. The van der Waals surface area contributed by atoms with E-state index in [0.29, 0.717) is 6.61 Å². The van der Waals surface area contributed by atoms with E-state index in [1.807, 2.05) is 25.1 Å². The summed E-state index contributed by atoms with van der Waals surface area (Å²) in [6.45, 7) is 6.74. The average Bonchev–Trinajstić information content (AvgIpc) is 2.36. The molecule has 1 aromatic carbocycles. The summed E-state index contributed by atoms with van der Waals surface area (Å²) in [5, 5.41) is 0.780. The van der Waals surface area contributed by atoms with Crippen LogP contribution in [0, 0.1) is 6.92 Å². The SMILES string of the molecule is COCCc1cccc2c(=O)c(C(C)C)c(C)[nH]c12. The van der Waals surface area contributed by atoms with E-state index < -0.39 is 0 Å². The molecule has 0 spiro atoms. The second kappa shape index (κ2) is 5.57. The fraction of sp³-hybridized carbons (Fsp3) is 0.438. The lowest BCUT2D eigenvalue weighted by molar-refractivity contribution is 0.202. The Balaban J connectivity index is 2.69. The van der Waals surface area contributed by atoms with Gasteiger partial charge in [-0.05, 0) is 30.9 Å². The predicted octanol–water partition coefficient (Wildman–Crippen LogP) is 3.15. The molecule has 19 heavy (non-hydrogen) atoms. The number of aromatic amines is 1. The average molecular weight is 259 g/mol. The molecule has 0 amide bonds. The number of aryl methyl sites for hydroxylation is 1. The number of methoxy groups -OCH3 is 1. The number of nitrogens with one attached hydrogen (secondary N) is 1. The Morgan fingerprint density at radius 3 is 2.68 bits per heavy atom. The molecule has 1 heterocycles. The fourth-order valence-corrected chi connectivity index (χ4v) is 2.62. The van der Waals surface area contributed by atoms with Crippen LogP contribution < -0.4 is 5.43 Å². The Bertz CT molecular complexity index is 641.